The fraction of sp³-hybridized carbons (Fsp3) is 0.429. The van der Waals surface area contributed by atoms with Crippen LogP contribution < -0.4 is 5.32 Å². The summed E-state index contributed by atoms with van der Waals surface area (Å²) in [5, 5.41) is 2.84. The molecule has 1 aromatic heterocycles. The first-order valence-electron chi connectivity index (χ1n) is 6.36. The van der Waals surface area contributed by atoms with Crippen LogP contribution in [0.3, 0.4) is 0 Å². The Balaban J connectivity index is 1.98. The third-order valence-electron chi connectivity index (χ3n) is 2.61. The van der Waals surface area contributed by atoms with E-state index in [0.717, 1.165) is 16.4 Å². The number of carbonyl (C=O) groups excluding carboxylic acids is 1. The Morgan fingerprint density at radius 3 is 2.79 bits per heavy atom. The van der Waals surface area contributed by atoms with Crippen molar-refractivity contribution in [1.82, 2.24) is 10.3 Å². The van der Waals surface area contributed by atoms with E-state index in [1.807, 2.05) is 25.1 Å². The van der Waals surface area contributed by atoms with Crippen molar-refractivity contribution in [2.24, 2.45) is 5.92 Å². The lowest BCUT2D eigenvalue weighted by Gasteiger charge is -2.11. The van der Waals surface area contributed by atoms with Crippen molar-refractivity contribution < 1.29 is 4.79 Å². The third kappa shape index (κ3) is 3.94. The zero-order valence-corrected chi connectivity index (χ0v) is 13.0. The monoisotopic (exact) mass is 294 g/mol. The predicted octanol–water partition coefficient (Wildman–Crippen LogP) is 3.55. The molecule has 2 aromatic rings. The lowest BCUT2D eigenvalue weighted by atomic mass is 10.2. The van der Waals surface area contributed by atoms with Crippen LogP contribution in [0.5, 0.6) is 0 Å². The number of thiazole rings is 1. The summed E-state index contributed by atoms with van der Waals surface area (Å²) in [6.45, 7) is 6.83. The van der Waals surface area contributed by atoms with E-state index in [0.29, 0.717) is 5.92 Å². The topological polar surface area (TPSA) is 42.0 Å². The lowest BCUT2D eigenvalue weighted by molar-refractivity contribution is -0.120. The molecule has 1 atom stereocenters. The smallest absolute Gasteiger partial charge is 0.233 e. The molecule has 19 heavy (non-hydrogen) atoms. The van der Waals surface area contributed by atoms with Gasteiger partial charge in [-0.25, -0.2) is 4.98 Å². The summed E-state index contributed by atoms with van der Waals surface area (Å²) in [6.07, 6.45) is 0. The minimum atomic E-state index is -0.112. The second-order valence-electron chi connectivity index (χ2n) is 4.85. The summed E-state index contributed by atoms with van der Waals surface area (Å²) in [6, 6.07) is 8.04. The number of nitrogens with one attached hydrogen (secondary N) is 1. The molecule has 102 valence electrons. The average Bonchev–Trinajstić information content (AvgIpc) is 2.77. The number of benzene rings is 1. The highest BCUT2D eigenvalue weighted by molar-refractivity contribution is 8.02. The van der Waals surface area contributed by atoms with Crippen LogP contribution in [0.15, 0.2) is 28.6 Å². The van der Waals surface area contributed by atoms with E-state index in [-0.39, 0.29) is 11.2 Å². The molecular weight excluding hydrogens is 276 g/mol. The number of hydrogen-bond acceptors (Lipinski definition) is 4. The van der Waals surface area contributed by atoms with Crippen LogP contribution >= 0.6 is 23.1 Å². The quantitative estimate of drug-likeness (QED) is 0.858. The zero-order chi connectivity index (χ0) is 13.8. The molecule has 1 N–H and O–H groups in total. The number of fused-ring (bicyclic) bond motifs is 1. The molecule has 0 fully saturated rings. The maximum Gasteiger partial charge on any atom is 0.233 e. The molecule has 3 nitrogen and oxygen atoms in total. The van der Waals surface area contributed by atoms with Gasteiger partial charge in [0.2, 0.25) is 5.91 Å². The Hall–Kier alpha value is -1.07. The number of thioether (sulfide) groups is 1. The number of para-hydroxylation sites is 1. The van der Waals surface area contributed by atoms with E-state index in [2.05, 4.69) is 30.2 Å². The van der Waals surface area contributed by atoms with Crippen molar-refractivity contribution in [3.8, 4) is 0 Å². The van der Waals surface area contributed by atoms with Gasteiger partial charge in [-0.15, -0.1) is 11.3 Å². The van der Waals surface area contributed by atoms with Gasteiger partial charge in [0.15, 0.2) is 4.34 Å². The molecule has 0 spiro atoms. The van der Waals surface area contributed by atoms with Crippen LogP contribution in [0, 0.1) is 5.92 Å². The van der Waals surface area contributed by atoms with E-state index in [1.54, 1.807) is 11.3 Å². The Bertz CT molecular complexity index is 532. The molecule has 1 heterocycles. The highest BCUT2D eigenvalue weighted by atomic mass is 32.2. The second kappa shape index (κ2) is 6.39. The minimum absolute atomic E-state index is 0.0814. The van der Waals surface area contributed by atoms with Gasteiger partial charge in [0.05, 0.1) is 15.5 Å². The number of aromatic nitrogens is 1. The first kappa shape index (κ1) is 14.3. The van der Waals surface area contributed by atoms with Gasteiger partial charge in [0.25, 0.3) is 0 Å². The fourth-order valence-corrected chi connectivity index (χ4v) is 3.79. The predicted molar refractivity (Wildman–Crippen MR) is 82.8 cm³/mol. The summed E-state index contributed by atoms with van der Waals surface area (Å²) in [5.74, 6) is 0.557. The molecule has 2 rings (SSSR count). The number of carbonyl (C=O) groups is 1. The van der Waals surface area contributed by atoms with E-state index >= 15 is 0 Å². The van der Waals surface area contributed by atoms with Crippen LogP contribution in [0.4, 0.5) is 0 Å². The normalized spacial score (nSPS) is 12.8. The van der Waals surface area contributed by atoms with E-state index in [1.165, 1.54) is 16.5 Å². The van der Waals surface area contributed by atoms with Crippen LogP contribution in [-0.4, -0.2) is 22.7 Å². The molecule has 1 aromatic carbocycles. The van der Waals surface area contributed by atoms with Crippen LogP contribution in [0.2, 0.25) is 0 Å². The van der Waals surface area contributed by atoms with Crippen LogP contribution in [0.1, 0.15) is 20.8 Å². The molecule has 1 amide bonds. The fourth-order valence-electron chi connectivity index (χ4n) is 1.55. The van der Waals surface area contributed by atoms with E-state index < -0.39 is 0 Å². The number of rotatable bonds is 5. The molecular formula is C14H18N2OS2. The molecule has 0 bridgehead atoms. The van der Waals surface area contributed by atoms with Gasteiger partial charge in [0, 0.05) is 6.54 Å². The minimum Gasteiger partial charge on any atom is -0.355 e. The summed E-state index contributed by atoms with van der Waals surface area (Å²) in [5.41, 5.74) is 1.00. The molecule has 0 aliphatic heterocycles. The standard InChI is InChI=1S/C14H18N2OS2/c1-9(2)8-15-13(17)10(3)18-14-16-11-6-4-5-7-12(11)19-14/h4-7,9-10H,8H2,1-3H3,(H,15,17). The van der Waals surface area contributed by atoms with Gasteiger partial charge in [-0.2, -0.15) is 0 Å². The third-order valence-corrected chi connectivity index (χ3v) is 4.84. The van der Waals surface area contributed by atoms with Gasteiger partial charge < -0.3 is 5.32 Å². The Morgan fingerprint density at radius 2 is 2.11 bits per heavy atom. The van der Waals surface area contributed by atoms with Crippen LogP contribution in [-0.2, 0) is 4.79 Å². The van der Waals surface area contributed by atoms with Gasteiger partial charge in [-0.05, 0) is 25.0 Å². The largest absolute Gasteiger partial charge is 0.355 e. The van der Waals surface area contributed by atoms with Crippen molar-refractivity contribution in [1.29, 1.82) is 0 Å². The Labute approximate surface area is 121 Å². The molecule has 0 aliphatic rings. The lowest BCUT2D eigenvalue weighted by Crippen LogP contribution is -2.33. The Kier molecular flexibility index (Phi) is 4.82. The van der Waals surface area contributed by atoms with Crippen molar-refractivity contribution in [3.05, 3.63) is 24.3 Å². The van der Waals surface area contributed by atoms with E-state index in [4.69, 9.17) is 0 Å². The number of amides is 1. The second-order valence-corrected chi connectivity index (χ2v) is 7.47. The van der Waals surface area contributed by atoms with Gasteiger partial charge in [-0.3, -0.25) is 4.79 Å². The number of nitrogens with zero attached hydrogens (tertiary/aromatic N) is 1. The maximum absolute atomic E-state index is 11.9. The van der Waals surface area contributed by atoms with E-state index in [9.17, 15) is 4.79 Å². The summed E-state index contributed by atoms with van der Waals surface area (Å²) in [4.78, 5) is 16.4. The van der Waals surface area contributed by atoms with Gasteiger partial charge in [-0.1, -0.05) is 37.7 Å². The van der Waals surface area contributed by atoms with Crippen molar-refractivity contribution in [2.75, 3.05) is 6.54 Å². The average molecular weight is 294 g/mol. The molecule has 0 saturated carbocycles. The summed E-state index contributed by atoms with van der Waals surface area (Å²) in [7, 11) is 0. The highest BCUT2D eigenvalue weighted by Crippen LogP contribution is 2.31. The SMILES string of the molecule is CC(C)CNC(=O)C(C)Sc1nc2ccccc2s1. The van der Waals surface area contributed by atoms with Crippen molar-refractivity contribution in [2.45, 2.75) is 30.4 Å². The number of hydrogen-bond donors (Lipinski definition) is 1. The van der Waals surface area contributed by atoms with Crippen molar-refractivity contribution >= 4 is 39.2 Å². The van der Waals surface area contributed by atoms with Gasteiger partial charge in [0.1, 0.15) is 0 Å². The highest BCUT2D eigenvalue weighted by Gasteiger charge is 2.16. The molecule has 5 heteroatoms. The zero-order valence-electron chi connectivity index (χ0n) is 11.3. The molecule has 1 unspecified atom stereocenters. The first-order chi connectivity index (χ1) is 9.06. The molecule has 0 radical (unpaired) electrons. The van der Waals surface area contributed by atoms with Gasteiger partial charge >= 0.3 is 0 Å². The molecule has 0 aliphatic carbocycles. The summed E-state index contributed by atoms with van der Waals surface area (Å²) >= 11 is 3.16. The molecule has 0 saturated heterocycles. The Morgan fingerprint density at radius 1 is 1.37 bits per heavy atom. The maximum atomic E-state index is 11.9. The van der Waals surface area contributed by atoms with Crippen LogP contribution in [0.25, 0.3) is 10.2 Å². The summed E-state index contributed by atoms with van der Waals surface area (Å²) < 4.78 is 2.12. The first-order valence-corrected chi connectivity index (χ1v) is 8.06. The van der Waals surface area contributed by atoms with Crippen molar-refractivity contribution in [3.63, 3.8) is 0 Å².